The van der Waals surface area contributed by atoms with E-state index >= 15 is 0 Å². The van der Waals surface area contributed by atoms with Gasteiger partial charge in [-0.2, -0.15) is 15.6 Å². The van der Waals surface area contributed by atoms with Crippen molar-refractivity contribution in [1.29, 1.82) is 0 Å². The van der Waals surface area contributed by atoms with Crippen molar-refractivity contribution in [2.45, 2.75) is 13.1 Å². The smallest absolute Gasteiger partial charge is 0.223 e. The Hall–Kier alpha value is -1.14. The van der Waals surface area contributed by atoms with Gasteiger partial charge in [-0.25, -0.2) is 4.68 Å². The van der Waals surface area contributed by atoms with E-state index in [9.17, 15) is 0 Å². The fraction of sp³-hybridized carbons (Fsp3) is 0.714. The van der Waals surface area contributed by atoms with Gasteiger partial charge in [-0.15, -0.1) is 0 Å². The molecule has 0 unspecified atom stereocenters. The van der Waals surface area contributed by atoms with Crippen LogP contribution in [-0.4, -0.2) is 35.5 Å². The molecule has 0 aromatic carbocycles. The van der Waals surface area contributed by atoms with Crippen LogP contribution in [-0.2, 0) is 17.9 Å². The van der Waals surface area contributed by atoms with Crippen LogP contribution in [0.1, 0.15) is 5.82 Å². The number of hydroxylamine groups is 1. The summed E-state index contributed by atoms with van der Waals surface area (Å²) in [5, 5.41) is 4.30. The van der Waals surface area contributed by atoms with Crippen molar-refractivity contribution in [2.75, 3.05) is 25.6 Å². The summed E-state index contributed by atoms with van der Waals surface area (Å²) in [7, 11) is 3.59. The molecule has 1 N–H and O–H groups in total. The van der Waals surface area contributed by atoms with Crippen molar-refractivity contribution in [3.05, 3.63) is 5.82 Å². The average Bonchev–Trinajstić information content (AvgIpc) is 2.65. The maximum atomic E-state index is 4.72. The number of likely N-dealkylation sites (N-methyl/N-ethyl adjacent to an activating group) is 1. The second-order valence-corrected chi connectivity index (χ2v) is 3.00. The Morgan fingerprint density at radius 3 is 3.08 bits per heavy atom. The summed E-state index contributed by atoms with van der Waals surface area (Å²) in [5.41, 5.74) is 2.71. The second kappa shape index (κ2) is 3.31. The van der Waals surface area contributed by atoms with Gasteiger partial charge in [0.1, 0.15) is 0 Å². The molecule has 0 saturated carbocycles. The van der Waals surface area contributed by atoms with Crippen molar-refractivity contribution in [3.8, 4) is 0 Å². The van der Waals surface area contributed by atoms with Gasteiger partial charge in [-0.1, -0.05) is 0 Å². The number of hydrogen-bond acceptors (Lipinski definition) is 5. The predicted molar refractivity (Wildman–Crippen MR) is 47.1 cm³/mol. The molecule has 6 nitrogen and oxygen atoms in total. The molecular formula is C7H13N5O. The normalized spacial score (nSPS) is 15.1. The first-order valence-corrected chi connectivity index (χ1v) is 4.22. The molecule has 0 aliphatic carbocycles. The molecule has 13 heavy (non-hydrogen) atoms. The third kappa shape index (κ3) is 1.50. The number of aromatic nitrogens is 3. The van der Waals surface area contributed by atoms with Crippen LogP contribution in [0.25, 0.3) is 0 Å². The minimum atomic E-state index is 0.546. The zero-order chi connectivity index (χ0) is 9.26. The first kappa shape index (κ1) is 8.46. The summed E-state index contributed by atoms with van der Waals surface area (Å²) in [6.07, 6.45) is 0. The average molecular weight is 183 g/mol. The van der Waals surface area contributed by atoms with Crippen LogP contribution in [0.3, 0.4) is 0 Å². The highest BCUT2D eigenvalue weighted by atomic mass is 16.6. The van der Waals surface area contributed by atoms with Crippen LogP contribution in [0, 0.1) is 0 Å². The fourth-order valence-corrected chi connectivity index (χ4v) is 1.37. The van der Waals surface area contributed by atoms with E-state index in [0.29, 0.717) is 6.54 Å². The Morgan fingerprint density at radius 2 is 2.38 bits per heavy atom. The molecule has 0 atom stereocenters. The lowest BCUT2D eigenvalue weighted by atomic mass is 10.6. The highest BCUT2D eigenvalue weighted by Gasteiger charge is 2.19. The van der Waals surface area contributed by atoms with Gasteiger partial charge < -0.3 is 9.74 Å². The van der Waals surface area contributed by atoms with Crippen LogP contribution >= 0.6 is 0 Å². The maximum Gasteiger partial charge on any atom is 0.223 e. The number of nitrogens with one attached hydrogen (secondary N) is 1. The van der Waals surface area contributed by atoms with Crippen molar-refractivity contribution in [3.63, 3.8) is 0 Å². The van der Waals surface area contributed by atoms with Crippen LogP contribution in [0.15, 0.2) is 0 Å². The third-order valence-corrected chi connectivity index (χ3v) is 2.06. The van der Waals surface area contributed by atoms with Gasteiger partial charge in [-0.3, -0.25) is 0 Å². The topological polar surface area (TPSA) is 55.2 Å². The summed E-state index contributed by atoms with van der Waals surface area (Å²) in [6.45, 7) is 2.46. The molecule has 0 fully saturated rings. The number of hydrogen-bond donors (Lipinski definition) is 1. The molecule has 1 aliphatic rings. The van der Waals surface area contributed by atoms with Crippen molar-refractivity contribution < 1.29 is 4.84 Å². The number of nitrogens with zero attached hydrogens (tertiary/aromatic N) is 4. The van der Waals surface area contributed by atoms with Gasteiger partial charge >= 0.3 is 0 Å². The number of fused-ring (bicyclic) bond motifs is 1. The monoisotopic (exact) mass is 183 g/mol. The molecule has 2 heterocycles. The van der Waals surface area contributed by atoms with E-state index in [1.54, 1.807) is 7.11 Å². The molecule has 6 heteroatoms. The third-order valence-electron chi connectivity index (χ3n) is 2.06. The summed E-state index contributed by atoms with van der Waals surface area (Å²) < 4.78 is 1.91. The van der Waals surface area contributed by atoms with Crippen LogP contribution in [0.5, 0.6) is 0 Å². The van der Waals surface area contributed by atoms with Crippen LogP contribution in [0.4, 0.5) is 5.95 Å². The first-order valence-electron chi connectivity index (χ1n) is 4.22. The minimum absolute atomic E-state index is 0.546. The van der Waals surface area contributed by atoms with Crippen molar-refractivity contribution >= 4 is 5.95 Å². The summed E-state index contributed by atoms with van der Waals surface area (Å²) in [4.78, 5) is 11.2. The Morgan fingerprint density at radius 1 is 1.54 bits per heavy atom. The predicted octanol–water partition coefficient (Wildman–Crippen LogP) is -0.621. The lowest BCUT2D eigenvalue weighted by molar-refractivity contribution is 0.0848. The Bertz CT molecular complexity index is 297. The van der Waals surface area contributed by atoms with Crippen LogP contribution in [0.2, 0.25) is 0 Å². The number of rotatable bonds is 3. The molecule has 0 amide bonds. The summed E-state index contributed by atoms with van der Waals surface area (Å²) >= 11 is 0. The van der Waals surface area contributed by atoms with Gasteiger partial charge in [0.05, 0.1) is 20.2 Å². The Balaban J connectivity index is 2.10. The quantitative estimate of drug-likeness (QED) is 0.633. The first-order chi connectivity index (χ1) is 6.31. The van der Waals surface area contributed by atoms with Gasteiger partial charge in [0.25, 0.3) is 0 Å². The lowest BCUT2D eigenvalue weighted by Crippen LogP contribution is -2.16. The van der Waals surface area contributed by atoms with Gasteiger partial charge in [0, 0.05) is 13.6 Å². The van der Waals surface area contributed by atoms with E-state index in [-0.39, 0.29) is 0 Å². The van der Waals surface area contributed by atoms with Crippen LogP contribution < -0.4 is 10.4 Å². The molecule has 1 aromatic heterocycles. The minimum Gasteiger partial charge on any atom is -0.342 e. The SMILES string of the molecule is CONCc1nc2n(n1)CCN2C. The number of anilines is 1. The Labute approximate surface area is 76.5 Å². The largest absolute Gasteiger partial charge is 0.342 e. The van der Waals surface area contributed by atoms with E-state index in [4.69, 9.17) is 4.84 Å². The zero-order valence-electron chi connectivity index (χ0n) is 7.82. The fourth-order valence-electron chi connectivity index (χ4n) is 1.37. The molecule has 0 bridgehead atoms. The molecule has 2 rings (SSSR count). The van der Waals surface area contributed by atoms with Gasteiger partial charge in [-0.05, 0) is 0 Å². The van der Waals surface area contributed by atoms with E-state index in [2.05, 4.69) is 20.5 Å². The molecule has 1 aromatic rings. The molecule has 0 spiro atoms. The highest BCUT2D eigenvalue weighted by molar-refractivity contribution is 5.32. The molecular weight excluding hydrogens is 170 g/mol. The molecule has 1 aliphatic heterocycles. The maximum absolute atomic E-state index is 4.72. The van der Waals surface area contributed by atoms with E-state index in [1.165, 1.54) is 0 Å². The zero-order valence-corrected chi connectivity index (χ0v) is 7.82. The standard InChI is InChI=1S/C7H13N5O/c1-11-3-4-12-7(11)9-6(10-12)5-8-13-2/h8H,3-5H2,1-2H3. The molecule has 72 valence electrons. The van der Waals surface area contributed by atoms with E-state index in [0.717, 1.165) is 24.9 Å². The van der Waals surface area contributed by atoms with Crippen molar-refractivity contribution in [2.24, 2.45) is 0 Å². The molecule has 0 saturated heterocycles. The summed E-state index contributed by atoms with van der Waals surface area (Å²) in [5.74, 6) is 1.70. The Kier molecular flexibility index (Phi) is 2.15. The van der Waals surface area contributed by atoms with E-state index < -0.39 is 0 Å². The lowest BCUT2D eigenvalue weighted by Gasteiger charge is -2.04. The van der Waals surface area contributed by atoms with Gasteiger partial charge in [0.2, 0.25) is 5.95 Å². The van der Waals surface area contributed by atoms with E-state index in [1.807, 2.05) is 11.7 Å². The molecule has 0 radical (unpaired) electrons. The highest BCUT2D eigenvalue weighted by Crippen LogP contribution is 2.15. The van der Waals surface area contributed by atoms with Gasteiger partial charge in [0.15, 0.2) is 5.82 Å². The summed E-state index contributed by atoms with van der Waals surface area (Å²) in [6, 6.07) is 0. The second-order valence-electron chi connectivity index (χ2n) is 3.00. The van der Waals surface area contributed by atoms with Crippen molar-refractivity contribution in [1.82, 2.24) is 20.2 Å².